The van der Waals surface area contributed by atoms with Crippen molar-refractivity contribution < 1.29 is 19.1 Å². The van der Waals surface area contributed by atoms with Crippen LogP contribution in [-0.4, -0.2) is 50.3 Å². The average Bonchev–Trinajstić information content (AvgIpc) is 3.12. The van der Waals surface area contributed by atoms with Gasteiger partial charge in [-0.2, -0.15) is 0 Å². The Morgan fingerprint density at radius 2 is 1.74 bits per heavy atom. The highest BCUT2D eigenvalue weighted by Crippen LogP contribution is 2.17. The summed E-state index contributed by atoms with van der Waals surface area (Å²) in [5, 5.41) is 8.75. The smallest absolute Gasteiger partial charge is 0.253 e. The van der Waals surface area contributed by atoms with E-state index in [1.807, 2.05) is 0 Å². The minimum Gasteiger partial charge on any atom is -0.378 e. The Balaban J connectivity index is 1.52. The summed E-state index contributed by atoms with van der Waals surface area (Å²) in [6, 6.07) is 6.70. The number of benzene rings is 1. The Morgan fingerprint density at radius 3 is 2.30 bits per heavy atom. The molecule has 2 amide bonds. The second kappa shape index (κ2) is 7.54. The molecule has 0 saturated carbocycles. The maximum absolute atomic E-state index is 12.1. The predicted octanol–water partition coefficient (Wildman–Crippen LogP) is 0.731. The molecule has 2 fully saturated rings. The van der Waals surface area contributed by atoms with Gasteiger partial charge in [0.2, 0.25) is 5.91 Å². The zero-order valence-electron chi connectivity index (χ0n) is 12.8. The Bertz CT molecular complexity index is 549. The number of hydrogen-bond acceptors (Lipinski definition) is 5. The Labute approximate surface area is 134 Å². The van der Waals surface area contributed by atoms with E-state index < -0.39 is 0 Å². The number of anilines is 2. The molecule has 0 aliphatic carbocycles. The first-order valence-electron chi connectivity index (χ1n) is 7.87. The van der Waals surface area contributed by atoms with Gasteiger partial charge in [0.15, 0.2) is 0 Å². The lowest BCUT2D eigenvalue weighted by atomic mass is 10.2. The van der Waals surface area contributed by atoms with E-state index in [1.54, 1.807) is 24.3 Å². The van der Waals surface area contributed by atoms with E-state index in [0.717, 1.165) is 12.8 Å². The fraction of sp³-hybridized carbons (Fsp3) is 0.500. The normalized spacial score (nSPS) is 24.2. The van der Waals surface area contributed by atoms with Crippen molar-refractivity contribution in [3.63, 3.8) is 0 Å². The van der Waals surface area contributed by atoms with Gasteiger partial charge in [-0.3, -0.25) is 9.59 Å². The van der Waals surface area contributed by atoms with E-state index in [0.29, 0.717) is 37.7 Å². The van der Waals surface area contributed by atoms with Crippen LogP contribution < -0.4 is 16.0 Å². The molecule has 1 aromatic carbocycles. The summed E-state index contributed by atoms with van der Waals surface area (Å²) in [6.07, 6.45) is 1.32. The summed E-state index contributed by atoms with van der Waals surface area (Å²) in [6.45, 7) is 2.32. The number of hydrogen-bond donors (Lipinski definition) is 3. The molecule has 0 bridgehead atoms. The van der Waals surface area contributed by atoms with Crippen molar-refractivity contribution in [1.29, 1.82) is 0 Å². The molecule has 2 unspecified atom stereocenters. The lowest BCUT2D eigenvalue weighted by Gasteiger charge is -2.22. The van der Waals surface area contributed by atoms with Crippen molar-refractivity contribution in [3.05, 3.63) is 24.3 Å². The number of ether oxygens (including phenoxy) is 2. The summed E-state index contributed by atoms with van der Waals surface area (Å²) in [5.74, 6) is -0.247. The highest BCUT2D eigenvalue weighted by molar-refractivity contribution is 5.96. The van der Waals surface area contributed by atoms with Gasteiger partial charge in [0.1, 0.15) is 12.1 Å². The molecule has 0 aromatic heterocycles. The second-order valence-corrected chi connectivity index (χ2v) is 5.64. The first kappa shape index (κ1) is 15.9. The molecule has 2 aliphatic heterocycles. The van der Waals surface area contributed by atoms with Crippen LogP contribution in [0.25, 0.3) is 0 Å². The van der Waals surface area contributed by atoms with E-state index in [-0.39, 0.29) is 24.0 Å². The van der Waals surface area contributed by atoms with Gasteiger partial charge >= 0.3 is 0 Å². The van der Waals surface area contributed by atoms with Gasteiger partial charge in [-0.15, -0.1) is 0 Å². The summed E-state index contributed by atoms with van der Waals surface area (Å²) in [7, 11) is 0. The van der Waals surface area contributed by atoms with Gasteiger partial charge in [0.25, 0.3) is 5.91 Å². The zero-order chi connectivity index (χ0) is 16.1. The lowest BCUT2D eigenvalue weighted by molar-refractivity contribution is -0.124. The van der Waals surface area contributed by atoms with Crippen LogP contribution in [0.2, 0.25) is 0 Å². The molecule has 23 heavy (non-hydrogen) atoms. The molecule has 7 nitrogen and oxygen atoms in total. The van der Waals surface area contributed by atoms with E-state index >= 15 is 0 Å². The van der Waals surface area contributed by atoms with Crippen LogP contribution in [-0.2, 0) is 19.1 Å². The Hall–Kier alpha value is -1.96. The van der Waals surface area contributed by atoms with Crippen molar-refractivity contribution in [2.24, 2.45) is 0 Å². The second-order valence-electron chi connectivity index (χ2n) is 5.64. The maximum atomic E-state index is 12.1. The van der Waals surface area contributed by atoms with E-state index in [9.17, 15) is 9.59 Å². The fourth-order valence-electron chi connectivity index (χ4n) is 2.61. The van der Waals surface area contributed by atoms with Crippen LogP contribution in [0.4, 0.5) is 11.4 Å². The van der Waals surface area contributed by atoms with Gasteiger partial charge in [-0.05, 0) is 37.1 Å². The predicted molar refractivity (Wildman–Crippen MR) is 85.3 cm³/mol. The molecular weight excluding hydrogens is 298 g/mol. The van der Waals surface area contributed by atoms with Crippen LogP contribution in [0, 0.1) is 0 Å². The fourth-order valence-corrected chi connectivity index (χ4v) is 2.61. The largest absolute Gasteiger partial charge is 0.378 e. The average molecular weight is 319 g/mol. The number of carbonyl (C=O) groups is 2. The summed E-state index contributed by atoms with van der Waals surface area (Å²) in [5.41, 5.74) is 1.36. The third-order valence-corrected chi connectivity index (χ3v) is 3.88. The molecule has 3 rings (SSSR count). The van der Waals surface area contributed by atoms with Crippen LogP contribution in [0.15, 0.2) is 24.3 Å². The van der Waals surface area contributed by atoms with Gasteiger partial charge in [0, 0.05) is 24.5 Å². The lowest BCUT2D eigenvalue weighted by Crippen LogP contribution is -2.48. The van der Waals surface area contributed by atoms with E-state index in [4.69, 9.17) is 9.47 Å². The first-order chi connectivity index (χ1) is 11.2. The molecule has 3 N–H and O–H groups in total. The standard InChI is InChI=1S/C16H21N3O4/c20-15(13-10-22-9-7-17-13)18-11-3-5-12(6-4-11)19-16(21)14-2-1-8-23-14/h3-6,13-14,17H,1-2,7-10H2,(H,18,20)(H,19,21). The van der Waals surface area contributed by atoms with Crippen LogP contribution in [0.5, 0.6) is 0 Å². The van der Waals surface area contributed by atoms with Crippen molar-refractivity contribution in [2.75, 3.05) is 37.0 Å². The Kier molecular flexibility index (Phi) is 5.22. The summed E-state index contributed by atoms with van der Waals surface area (Å²) < 4.78 is 10.6. The number of rotatable bonds is 4. The Morgan fingerprint density at radius 1 is 1.04 bits per heavy atom. The summed E-state index contributed by atoms with van der Waals surface area (Å²) in [4.78, 5) is 24.0. The first-order valence-corrected chi connectivity index (χ1v) is 7.87. The zero-order valence-corrected chi connectivity index (χ0v) is 12.8. The molecule has 1 aromatic rings. The number of morpholine rings is 1. The molecule has 0 radical (unpaired) electrons. The van der Waals surface area contributed by atoms with Crippen LogP contribution >= 0.6 is 0 Å². The van der Waals surface area contributed by atoms with E-state index in [2.05, 4.69) is 16.0 Å². The highest BCUT2D eigenvalue weighted by Gasteiger charge is 2.24. The van der Waals surface area contributed by atoms with Gasteiger partial charge in [0.05, 0.1) is 13.2 Å². The van der Waals surface area contributed by atoms with Crippen molar-refractivity contribution >= 4 is 23.2 Å². The molecule has 0 spiro atoms. The van der Waals surface area contributed by atoms with Gasteiger partial charge in [-0.25, -0.2) is 0 Å². The van der Waals surface area contributed by atoms with E-state index in [1.165, 1.54) is 0 Å². The SMILES string of the molecule is O=C(Nc1ccc(NC(=O)C2CCCO2)cc1)C1COCCN1. The minimum atomic E-state index is -0.355. The van der Waals surface area contributed by atoms with Crippen LogP contribution in [0.3, 0.4) is 0 Å². The number of nitrogens with one attached hydrogen (secondary N) is 3. The van der Waals surface area contributed by atoms with Gasteiger partial charge in [-0.1, -0.05) is 0 Å². The maximum Gasteiger partial charge on any atom is 0.253 e. The summed E-state index contributed by atoms with van der Waals surface area (Å²) >= 11 is 0. The van der Waals surface area contributed by atoms with Gasteiger partial charge < -0.3 is 25.4 Å². The molecule has 124 valence electrons. The molecule has 2 aliphatic rings. The molecular formula is C16H21N3O4. The quantitative estimate of drug-likeness (QED) is 0.761. The van der Waals surface area contributed by atoms with Crippen LogP contribution in [0.1, 0.15) is 12.8 Å². The number of carbonyl (C=O) groups excluding carboxylic acids is 2. The molecule has 7 heteroatoms. The third-order valence-electron chi connectivity index (χ3n) is 3.88. The monoisotopic (exact) mass is 319 g/mol. The van der Waals surface area contributed by atoms with Crippen molar-refractivity contribution in [2.45, 2.75) is 25.0 Å². The highest BCUT2D eigenvalue weighted by atomic mass is 16.5. The minimum absolute atomic E-state index is 0.122. The van der Waals surface area contributed by atoms with Crippen molar-refractivity contribution in [3.8, 4) is 0 Å². The van der Waals surface area contributed by atoms with Crippen molar-refractivity contribution in [1.82, 2.24) is 5.32 Å². The molecule has 2 atom stereocenters. The topological polar surface area (TPSA) is 88.7 Å². The third kappa shape index (κ3) is 4.28. The molecule has 2 saturated heterocycles. The molecule has 2 heterocycles. The number of amides is 2.